The molecule has 0 saturated heterocycles. The predicted octanol–water partition coefficient (Wildman–Crippen LogP) is 1.52. The quantitative estimate of drug-likeness (QED) is 0.730. The van der Waals surface area contributed by atoms with Crippen molar-refractivity contribution in [2.75, 3.05) is 6.26 Å². The molecule has 2 heterocycles. The Morgan fingerprint density at radius 1 is 1.14 bits per heavy atom. The number of rotatable bonds is 4. The third kappa shape index (κ3) is 3.19. The predicted molar refractivity (Wildman–Crippen MR) is 78.9 cm³/mol. The van der Waals surface area contributed by atoms with Crippen LogP contribution in [0.5, 0.6) is 0 Å². The van der Waals surface area contributed by atoms with E-state index in [1.165, 1.54) is 11.8 Å². The summed E-state index contributed by atoms with van der Waals surface area (Å²) in [5.74, 6) is 0. The Bertz CT molecular complexity index is 755. The maximum absolute atomic E-state index is 11.2. The molecule has 0 bridgehead atoms. The van der Waals surface area contributed by atoms with E-state index in [0.717, 1.165) is 5.56 Å². The second kappa shape index (κ2) is 5.92. The van der Waals surface area contributed by atoms with Gasteiger partial charge in [0.1, 0.15) is 5.69 Å². The van der Waals surface area contributed by atoms with Gasteiger partial charge in [-0.05, 0) is 5.56 Å². The van der Waals surface area contributed by atoms with Crippen molar-refractivity contribution >= 4 is 10.8 Å². The van der Waals surface area contributed by atoms with Gasteiger partial charge in [-0.15, -0.1) is 10.2 Å². The van der Waals surface area contributed by atoms with Crippen molar-refractivity contribution < 1.29 is 4.21 Å². The van der Waals surface area contributed by atoms with E-state index in [1.54, 1.807) is 12.4 Å². The molecule has 21 heavy (non-hydrogen) atoms. The van der Waals surface area contributed by atoms with Gasteiger partial charge in [-0.3, -0.25) is 8.89 Å². The molecule has 0 aliphatic carbocycles. The number of aromatic nitrogens is 5. The second-order valence-corrected chi connectivity index (χ2v) is 5.77. The SMILES string of the molecule is CS(=O)c1ncc(-c2cnn(Cc3ccccc3)c2)nn1. The lowest BCUT2D eigenvalue weighted by atomic mass is 10.2. The van der Waals surface area contributed by atoms with Crippen LogP contribution in [0.2, 0.25) is 0 Å². The molecule has 0 fully saturated rings. The summed E-state index contributed by atoms with van der Waals surface area (Å²) in [7, 11) is -1.22. The molecule has 0 saturated carbocycles. The van der Waals surface area contributed by atoms with Gasteiger partial charge in [-0.2, -0.15) is 5.10 Å². The summed E-state index contributed by atoms with van der Waals surface area (Å²) in [6, 6.07) is 10.1. The Hall–Kier alpha value is -2.41. The number of nitrogens with zero attached hydrogens (tertiary/aromatic N) is 5. The van der Waals surface area contributed by atoms with Gasteiger partial charge in [0.15, 0.2) is 0 Å². The summed E-state index contributed by atoms with van der Waals surface area (Å²) in [4.78, 5) is 4.04. The van der Waals surface area contributed by atoms with E-state index in [-0.39, 0.29) is 5.16 Å². The molecular weight excluding hydrogens is 286 g/mol. The number of hydrogen-bond donors (Lipinski definition) is 0. The third-order valence-corrected chi connectivity index (χ3v) is 3.62. The zero-order valence-electron chi connectivity index (χ0n) is 11.4. The molecule has 0 radical (unpaired) electrons. The Labute approximate surface area is 124 Å². The molecule has 106 valence electrons. The van der Waals surface area contributed by atoms with Gasteiger partial charge in [-0.1, -0.05) is 30.3 Å². The molecule has 3 rings (SSSR count). The van der Waals surface area contributed by atoms with Crippen LogP contribution in [0.15, 0.2) is 54.1 Å². The lowest BCUT2D eigenvalue weighted by Gasteiger charge is -2.00. The van der Waals surface area contributed by atoms with Crippen LogP contribution in [0.25, 0.3) is 11.3 Å². The summed E-state index contributed by atoms with van der Waals surface area (Å²) >= 11 is 0. The van der Waals surface area contributed by atoms with E-state index >= 15 is 0 Å². The highest BCUT2D eigenvalue weighted by Gasteiger charge is 2.07. The lowest BCUT2D eigenvalue weighted by molar-refractivity contribution is 0.675. The summed E-state index contributed by atoms with van der Waals surface area (Å²) in [5.41, 5.74) is 2.62. The molecule has 0 aliphatic rings. The van der Waals surface area contributed by atoms with Crippen LogP contribution in [-0.4, -0.2) is 35.4 Å². The minimum Gasteiger partial charge on any atom is -0.268 e. The number of hydrogen-bond acceptors (Lipinski definition) is 5. The van der Waals surface area contributed by atoms with Crippen LogP contribution in [0, 0.1) is 0 Å². The summed E-state index contributed by atoms with van der Waals surface area (Å²) in [6.45, 7) is 0.693. The van der Waals surface area contributed by atoms with Gasteiger partial charge in [0.05, 0.1) is 29.7 Å². The van der Waals surface area contributed by atoms with E-state index in [4.69, 9.17) is 0 Å². The van der Waals surface area contributed by atoms with Crippen LogP contribution in [0.4, 0.5) is 0 Å². The van der Waals surface area contributed by atoms with Crippen molar-refractivity contribution in [1.82, 2.24) is 25.0 Å². The zero-order chi connectivity index (χ0) is 14.7. The Balaban J connectivity index is 1.80. The molecule has 6 nitrogen and oxygen atoms in total. The number of benzene rings is 1. The van der Waals surface area contributed by atoms with Gasteiger partial charge in [0.25, 0.3) is 0 Å². The first-order valence-electron chi connectivity index (χ1n) is 6.32. The smallest absolute Gasteiger partial charge is 0.239 e. The molecule has 1 unspecified atom stereocenters. The molecule has 3 aromatic rings. The average Bonchev–Trinajstić information content (AvgIpc) is 2.97. The summed E-state index contributed by atoms with van der Waals surface area (Å²) in [5, 5.41) is 12.4. The minimum atomic E-state index is -1.22. The van der Waals surface area contributed by atoms with Gasteiger partial charge < -0.3 is 0 Å². The van der Waals surface area contributed by atoms with Crippen molar-refractivity contribution in [1.29, 1.82) is 0 Å². The third-order valence-electron chi connectivity index (χ3n) is 2.91. The monoisotopic (exact) mass is 299 g/mol. The molecule has 0 amide bonds. The summed E-state index contributed by atoms with van der Waals surface area (Å²) < 4.78 is 13.1. The topological polar surface area (TPSA) is 73.6 Å². The molecule has 2 aromatic heterocycles. The molecule has 0 spiro atoms. The van der Waals surface area contributed by atoms with E-state index in [0.29, 0.717) is 12.2 Å². The van der Waals surface area contributed by atoms with Gasteiger partial charge in [-0.25, -0.2) is 4.98 Å². The van der Waals surface area contributed by atoms with Crippen LogP contribution in [0.3, 0.4) is 0 Å². The molecule has 1 aromatic carbocycles. The normalized spacial score (nSPS) is 12.2. The van der Waals surface area contributed by atoms with Gasteiger partial charge in [0.2, 0.25) is 5.16 Å². The van der Waals surface area contributed by atoms with E-state index < -0.39 is 10.8 Å². The first-order chi connectivity index (χ1) is 10.2. The fourth-order valence-electron chi connectivity index (χ4n) is 1.88. The molecule has 0 N–H and O–H groups in total. The van der Waals surface area contributed by atoms with Crippen molar-refractivity contribution in [2.45, 2.75) is 11.7 Å². The first-order valence-corrected chi connectivity index (χ1v) is 7.88. The van der Waals surface area contributed by atoms with E-state index in [1.807, 2.05) is 41.2 Å². The Morgan fingerprint density at radius 3 is 2.62 bits per heavy atom. The minimum absolute atomic E-state index is 0.232. The first kappa shape index (κ1) is 13.6. The largest absolute Gasteiger partial charge is 0.268 e. The van der Waals surface area contributed by atoms with Crippen molar-refractivity contribution in [3.63, 3.8) is 0 Å². The highest BCUT2D eigenvalue weighted by atomic mass is 32.2. The van der Waals surface area contributed by atoms with Crippen molar-refractivity contribution in [3.8, 4) is 11.3 Å². The van der Waals surface area contributed by atoms with Gasteiger partial charge >= 0.3 is 0 Å². The van der Waals surface area contributed by atoms with Gasteiger partial charge in [0, 0.05) is 18.0 Å². The fraction of sp³-hybridized carbons (Fsp3) is 0.143. The van der Waals surface area contributed by atoms with Crippen molar-refractivity contribution in [2.24, 2.45) is 0 Å². The standard InChI is InChI=1S/C14H13N5OS/c1-21(20)14-15-8-13(17-18-14)12-7-16-19(10-12)9-11-5-3-2-4-6-11/h2-8,10H,9H2,1H3. The Morgan fingerprint density at radius 2 is 1.95 bits per heavy atom. The van der Waals surface area contributed by atoms with Crippen LogP contribution >= 0.6 is 0 Å². The highest BCUT2D eigenvalue weighted by Crippen LogP contribution is 2.15. The Kier molecular flexibility index (Phi) is 3.83. The molecular formula is C14H13N5OS. The average molecular weight is 299 g/mol. The molecule has 7 heteroatoms. The van der Waals surface area contributed by atoms with Crippen LogP contribution in [-0.2, 0) is 17.3 Å². The van der Waals surface area contributed by atoms with E-state index in [9.17, 15) is 4.21 Å². The second-order valence-electron chi connectivity index (χ2n) is 4.49. The molecule has 1 atom stereocenters. The lowest BCUT2D eigenvalue weighted by Crippen LogP contribution is -2.00. The van der Waals surface area contributed by atoms with Crippen LogP contribution < -0.4 is 0 Å². The maximum atomic E-state index is 11.2. The maximum Gasteiger partial charge on any atom is 0.239 e. The highest BCUT2D eigenvalue weighted by molar-refractivity contribution is 7.84. The zero-order valence-corrected chi connectivity index (χ0v) is 12.2. The molecule has 0 aliphatic heterocycles. The summed E-state index contributed by atoms with van der Waals surface area (Å²) in [6.07, 6.45) is 6.70. The van der Waals surface area contributed by atoms with Crippen LogP contribution in [0.1, 0.15) is 5.56 Å². The fourth-order valence-corrected chi connectivity index (χ4v) is 2.24. The van der Waals surface area contributed by atoms with E-state index in [2.05, 4.69) is 20.3 Å². The van der Waals surface area contributed by atoms with Crippen molar-refractivity contribution in [3.05, 3.63) is 54.5 Å².